The third-order valence-corrected chi connectivity index (χ3v) is 8.69. The zero-order valence-electron chi connectivity index (χ0n) is 20.4. The molecule has 5 rings (SSSR count). The number of rotatable bonds is 9. The van der Waals surface area contributed by atoms with Gasteiger partial charge in [0, 0.05) is 41.8 Å². The van der Waals surface area contributed by atoms with Crippen molar-refractivity contribution < 1.29 is 9.47 Å². The number of aryl methyl sites for hydroxylation is 1. The second-order valence-electron chi connectivity index (χ2n) is 9.54. The van der Waals surface area contributed by atoms with Crippen LogP contribution >= 0.6 is 23.4 Å². The van der Waals surface area contributed by atoms with Crippen LogP contribution in [0.5, 0.6) is 0 Å². The minimum Gasteiger partial charge on any atom is -0.371 e. The summed E-state index contributed by atoms with van der Waals surface area (Å²) in [7, 11) is 0. The van der Waals surface area contributed by atoms with Crippen molar-refractivity contribution in [2.45, 2.75) is 67.6 Å². The molecular formula is C28H34ClN3O2S. The van der Waals surface area contributed by atoms with Gasteiger partial charge in [-0.15, -0.1) is 0 Å². The molecule has 186 valence electrons. The Labute approximate surface area is 217 Å². The van der Waals surface area contributed by atoms with Crippen molar-refractivity contribution in [2.75, 3.05) is 24.6 Å². The zero-order valence-corrected chi connectivity index (χ0v) is 21.9. The Balaban J connectivity index is 1.38. The standard InChI is InChI=1S/C28H34ClN3O2S/c1-2-28(35-26-9-5-4-8-25(26)32-17-6-3-7-18-32)21-33-27(34-28,20-31-19-16-30-22-31)15-14-23-10-12-24(29)13-11-23/h4-5,8-13,16,19,22H,2-3,6-7,14-15,17-18,20-21H2,1H3/t27-,28-/m0/s1. The van der Waals surface area contributed by atoms with Crippen LogP contribution < -0.4 is 4.90 Å². The van der Waals surface area contributed by atoms with Crippen molar-refractivity contribution in [3.05, 3.63) is 77.8 Å². The number of aromatic nitrogens is 2. The van der Waals surface area contributed by atoms with Crippen LogP contribution in [-0.4, -0.2) is 40.0 Å². The number of para-hydroxylation sites is 1. The molecule has 2 aromatic carbocycles. The Morgan fingerprint density at radius 2 is 1.86 bits per heavy atom. The lowest BCUT2D eigenvalue weighted by atomic mass is 10.0. The highest BCUT2D eigenvalue weighted by molar-refractivity contribution is 8.00. The van der Waals surface area contributed by atoms with Gasteiger partial charge >= 0.3 is 0 Å². The molecule has 2 saturated heterocycles. The summed E-state index contributed by atoms with van der Waals surface area (Å²) in [4.78, 5) is 7.61. The van der Waals surface area contributed by atoms with E-state index in [2.05, 4.69) is 57.8 Å². The number of imidazole rings is 1. The molecule has 0 radical (unpaired) electrons. The molecule has 7 heteroatoms. The lowest BCUT2D eigenvalue weighted by Crippen LogP contribution is -2.39. The largest absolute Gasteiger partial charge is 0.371 e. The van der Waals surface area contributed by atoms with Crippen LogP contribution in [0.2, 0.25) is 5.02 Å². The molecule has 2 atom stereocenters. The van der Waals surface area contributed by atoms with Crippen LogP contribution in [0.4, 0.5) is 5.69 Å². The molecule has 0 spiro atoms. The number of piperidine rings is 1. The molecule has 3 aromatic rings. The van der Waals surface area contributed by atoms with E-state index < -0.39 is 10.7 Å². The number of halogens is 1. The van der Waals surface area contributed by atoms with Crippen molar-refractivity contribution in [3.8, 4) is 0 Å². The summed E-state index contributed by atoms with van der Waals surface area (Å²) in [5.74, 6) is -0.719. The van der Waals surface area contributed by atoms with E-state index in [1.165, 1.54) is 35.4 Å². The molecule has 1 aromatic heterocycles. The first-order chi connectivity index (χ1) is 17.1. The minimum atomic E-state index is -0.719. The summed E-state index contributed by atoms with van der Waals surface area (Å²) in [6.07, 6.45) is 11.9. The van der Waals surface area contributed by atoms with Gasteiger partial charge in [-0.3, -0.25) is 0 Å². The Morgan fingerprint density at radius 3 is 2.60 bits per heavy atom. The highest BCUT2D eigenvalue weighted by Crippen LogP contribution is 2.49. The van der Waals surface area contributed by atoms with Gasteiger partial charge in [-0.2, -0.15) is 0 Å². The molecule has 2 aliphatic heterocycles. The summed E-state index contributed by atoms with van der Waals surface area (Å²) >= 11 is 7.92. The summed E-state index contributed by atoms with van der Waals surface area (Å²) in [5, 5.41) is 0.754. The topological polar surface area (TPSA) is 39.5 Å². The molecule has 0 aliphatic carbocycles. The molecule has 0 unspecified atom stereocenters. The van der Waals surface area contributed by atoms with Crippen molar-refractivity contribution in [2.24, 2.45) is 0 Å². The van der Waals surface area contributed by atoms with Crippen LogP contribution in [-0.2, 0) is 22.4 Å². The quantitative estimate of drug-likeness (QED) is 0.316. The molecule has 35 heavy (non-hydrogen) atoms. The van der Waals surface area contributed by atoms with Crippen LogP contribution in [0.3, 0.4) is 0 Å². The first-order valence-electron chi connectivity index (χ1n) is 12.7. The van der Waals surface area contributed by atoms with Crippen molar-refractivity contribution in [1.82, 2.24) is 9.55 Å². The first-order valence-corrected chi connectivity index (χ1v) is 13.9. The molecule has 2 aliphatic rings. The van der Waals surface area contributed by atoms with E-state index in [1.54, 1.807) is 6.20 Å². The van der Waals surface area contributed by atoms with E-state index >= 15 is 0 Å². The van der Waals surface area contributed by atoms with E-state index in [0.717, 1.165) is 37.4 Å². The smallest absolute Gasteiger partial charge is 0.188 e. The minimum absolute atomic E-state index is 0.438. The molecule has 0 bridgehead atoms. The molecule has 2 fully saturated rings. The Bertz CT molecular complexity index is 1090. The lowest BCUT2D eigenvalue weighted by Gasteiger charge is -2.34. The van der Waals surface area contributed by atoms with Crippen molar-refractivity contribution in [1.29, 1.82) is 0 Å². The summed E-state index contributed by atoms with van der Waals surface area (Å²) < 4.78 is 15.6. The van der Waals surface area contributed by atoms with E-state index in [1.807, 2.05) is 36.4 Å². The van der Waals surface area contributed by atoms with Gasteiger partial charge in [0.2, 0.25) is 0 Å². The number of ether oxygens (including phenoxy) is 2. The van der Waals surface area contributed by atoms with Crippen molar-refractivity contribution in [3.63, 3.8) is 0 Å². The van der Waals surface area contributed by atoms with Gasteiger partial charge in [0.25, 0.3) is 0 Å². The molecule has 5 nitrogen and oxygen atoms in total. The number of hydrogen-bond acceptors (Lipinski definition) is 5. The second-order valence-corrected chi connectivity index (χ2v) is 11.4. The maximum atomic E-state index is 7.00. The SMILES string of the molecule is CC[C@]1(Sc2ccccc2N2CCCCC2)CO[C@](CCc2ccc(Cl)cc2)(Cn2ccnc2)O1. The predicted molar refractivity (Wildman–Crippen MR) is 143 cm³/mol. The van der Waals surface area contributed by atoms with E-state index in [9.17, 15) is 0 Å². The maximum absolute atomic E-state index is 7.00. The van der Waals surface area contributed by atoms with Gasteiger partial charge in [-0.05, 0) is 61.9 Å². The summed E-state index contributed by atoms with van der Waals surface area (Å²) in [6, 6.07) is 16.8. The maximum Gasteiger partial charge on any atom is 0.188 e. The van der Waals surface area contributed by atoms with Crippen LogP contribution in [0.25, 0.3) is 0 Å². The first kappa shape index (κ1) is 24.7. The molecule has 0 amide bonds. The molecular weight excluding hydrogens is 478 g/mol. The summed E-state index contributed by atoms with van der Waals surface area (Å²) in [6.45, 7) is 5.61. The fourth-order valence-electron chi connectivity index (χ4n) is 5.00. The third-order valence-electron chi connectivity index (χ3n) is 7.01. The highest BCUT2D eigenvalue weighted by atomic mass is 35.5. The van der Waals surface area contributed by atoms with Gasteiger partial charge in [0.15, 0.2) is 5.79 Å². The number of benzene rings is 2. The van der Waals surface area contributed by atoms with Crippen LogP contribution in [0.1, 0.15) is 44.6 Å². The fraction of sp³-hybridized carbons (Fsp3) is 0.464. The number of hydrogen-bond donors (Lipinski definition) is 0. The Hall–Kier alpha value is -1.99. The normalized spacial score (nSPS) is 24.7. The van der Waals surface area contributed by atoms with Crippen molar-refractivity contribution >= 4 is 29.1 Å². The Morgan fingerprint density at radius 1 is 1.06 bits per heavy atom. The molecule has 3 heterocycles. The number of nitrogens with zero attached hydrogens (tertiary/aromatic N) is 3. The van der Waals surface area contributed by atoms with Gasteiger partial charge in [0.1, 0.15) is 4.93 Å². The average Bonchev–Trinajstić information content (AvgIpc) is 3.53. The number of thioether (sulfide) groups is 1. The fourth-order valence-corrected chi connectivity index (χ4v) is 6.43. The van der Waals surface area contributed by atoms with E-state index in [-0.39, 0.29) is 0 Å². The average molecular weight is 512 g/mol. The van der Waals surface area contributed by atoms with Crippen LogP contribution in [0.15, 0.2) is 72.1 Å². The lowest BCUT2D eigenvalue weighted by molar-refractivity contribution is -0.187. The second kappa shape index (κ2) is 11.0. The van der Waals surface area contributed by atoms with Gasteiger partial charge in [0.05, 0.1) is 25.2 Å². The monoisotopic (exact) mass is 511 g/mol. The van der Waals surface area contributed by atoms with E-state index in [0.29, 0.717) is 13.2 Å². The molecule has 0 saturated carbocycles. The van der Waals surface area contributed by atoms with Gasteiger partial charge in [-0.1, -0.05) is 54.6 Å². The summed E-state index contributed by atoms with van der Waals surface area (Å²) in [5.41, 5.74) is 2.55. The van der Waals surface area contributed by atoms with Gasteiger partial charge in [-0.25, -0.2) is 4.98 Å². The highest BCUT2D eigenvalue weighted by Gasteiger charge is 2.50. The zero-order chi connectivity index (χ0) is 24.1. The van der Waals surface area contributed by atoms with E-state index in [4.69, 9.17) is 21.1 Å². The third kappa shape index (κ3) is 5.88. The number of anilines is 1. The van der Waals surface area contributed by atoms with Gasteiger partial charge < -0.3 is 18.9 Å². The van der Waals surface area contributed by atoms with Crippen LogP contribution in [0, 0.1) is 0 Å². The Kier molecular flexibility index (Phi) is 7.73. The predicted octanol–water partition coefficient (Wildman–Crippen LogP) is 6.80. The molecule has 0 N–H and O–H groups in total.